The maximum Gasteiger partial charge on any atom is 0.338 e. The highest BCUT2D eigenvalue weighted by Crippen LogP contribution is 2.21. The smallest absolute Gasteiger partial charge is 0.338 e. The molecule has 6 nitrogen and oxygen atoms in total. The number of rotatable bonds is 7. The molecule has 1 fully saturated rings. The summed E-state index contributed by atoms with van der Waals surface area (Å²) in [6.45, 7) is 3.34. The van der Waals surface area contributed by atoms with Gasteiger partial charge in [-0.25, -0.2) is 13.2 Å². The minimum atomic E-state index is -3.61. The van der Waals surface area contributed by atoms with Crippen LogP contribution in [0.25, 0.3) is 0 Å². The molecular weight excluding hydrogens is 390 g/mol. The summed E-state index contributed by atoms with van der Waals surface area (Å²) in [4.78, 5) is 12.5. The predicted molar refractivity (Wildman–Crippen MR) is 111 cm³/mol. The van der Waals surface area contributed by atoms with Crippen LogP contribution in [-0.2, 0) is 14.8 Å². The van der Waals surface area contributed by atoms with Gasteiger partial charge < -0.3 is 9.47 Å². The Hall–Kier alpha value is -2.38. The van der Waals surface area contributed by atoms with Crippen LogP contribution in [0.4, 0.5) is 0 Å². The first-order chi connectivity index (χ1) is 14.0. The van der Waals surface area contributed by atoms with Crippen molar-refractivity contribution in [1.82, 2.24) is 4.31 Å². The molecule has 0 N–H and O–H groups in total. The van der Waals surface area contributed by atoms with E-state index in [4.69, 9.17) is 9.47 Å². The van der Waals surface area contributed by atoms with E-state index in [1.165, 1.54) is 16.4 Å². The maximum atomic E-state index is 12.9. The fourth-order valence-corrected chi connectivity index (χ4v) is 4.79. The molecule has 1 aliphatic rings. The van der Waals surface area contributed by atoms with Crippen molar-refractivity contribution in [2.75, 3.05) is 26.3 Å². The zero-order valence-corrected chi connectivity index (χ0v) is 17.5. The van der Waals surface area contributed by atoms with Crippen LogP contribution in [0, 0.1) is 6.92 Å². The Labute approximate surface area is 172 Å². The molecule has 0 aromatic heterocycles. The van der Waals surface area contributed by atoms with Crippen LogP contribution in [0.3, 0.4) is 0 Å². The molecule has 0 unspecified atom stereocenters. The van der Waals surface area contributed by atoms with Crippen LogP contribution < -0.4 is 4.74 Å². The van der Waals surface area contributed by atoms with Crippen molar-refractivity contribution in [3.63, 3.8) is 0 Å². The third-order valence-electron chi connectivity index (χ3n) is 4.88. The number of hydrogen-bond donors (Lipinski definition) is 0. The molecule has 0 atom stereocenters. The summed E-state index contributed by atoms with van der Waals surface area (Å²) in [6, 6.07) is 13.6. The minimum Gasteiger partial charge on any atom is -0.490 e. The normalized spacial score (nSPS) is 15.5. The van der Waals surface area contributed by atoms with Crippen molar-refractivity contribution in [2.24, 2.45) is 0 Å². The lowest BCUT2D eigenvalue weighted by Crippen LogP contribution is -2.32. The van der Waals surface area contributed by atoms with Gasteiger partial charge in [0, 0.05) is 13.1 Å². The molecule has 0 amide bonds. The Bertz CT molecular complexity index is 916. The highest BCUT2D eigenvalue weighted by Gasteiger charge is 2.26. The van der Waals surface area contributed by atoms with Crippen LogP contribution in [0.15, 0.2) is 53.4 Å². The number of esters is 1. The van der Waals surface area contributed by atoms with E-state index < -0.39 is 16.0 Å². The molecule has 2 aromatic rings. The number of aryl methyl sites for hydroxylation is 1. The van der Waals surface area contributed by atoms with Gasteiger partial charge in [0.05, 0.1) is 10.5 Å². The number of carbonyl (C=O) groups excluding carboxylic acids is 1. The SMILES string of the molecule is Cc1ccc(OCCOC(=O)c2cccc(S(=O)(=O)N3CCCCCC3)c2)cc1. The second-order valence-corrected chi connectivity index (χ2v) is 9.08. The van der Waals surface area contributed by atoms with Crippen LogP contribution in [-0.4, -0.2) is 45.0 Å². The van der Waals surface area contributed by atoms with Gasteiger partial charge >= 0.3 is 5.97 Å². The van der Waals surface area contributed by atoms with Gasteiger partial charge in [-0.2, -0.15) is 4.31 Å². The maximum absolute atomic E-state index is 12.9. The monoisotopic (exact) mass is 417 g/mol. The average Bonchev–Trinajstić information content (AvgIpc) is 3.02. The number of carbonyl (C=O) groups is 1. The molecule has 0 radical (unpaired) electrons. The highest BCUT2D eigenvalue weighted by atomic mass is 32.2. The number of ether oxygens (including phenoxy) is 2. The number of nitrogens with zero attached hydrogens (tertiary/aromatic N) is 1. The lowest BCUT2D eigenvalue weighted by atomic mass is 10.2. The van der Waals surface area contributed by atoms with Crippen molar-refractivity contribution >= 4 is 16.0 Å². The van der Waals surface area contributed by atoms with E-state index in [2.05, 4.69) is 0 Å². The van der Waals surface area contributed by atoms with Crippen molar-refractivity contribution in [1.29, 1.82) is 0 Å². The first-order valence-corrected chi connectivity index (χ1v) is 11.4. The third-order valence-corrected chi connectivity index (χ3v) is 6.77. The van der Waals surface area contributed by atoms with Crippen LogP contribution in [0.2, 0.25) is 0 Å². The molecule has 3 rings (SSSR count). The molecule has 1 aliphatic heterocycles. The van der Waals surface area contributed by atoms with Gasteiger partial charge in [-0.05, 0) is 50.1 Å². The van der Waals surface area contributed by atoms with Gasteiger partial charge in [-0.3, -0.25) is 0 Å². The van der Waals surface area contributed by atoms with Gasteiger partial charge in [0.1, 0.15) is 19.0 Å². The molecule has 0 spiro atoms. The van der Waals surface area contributed by atoms with Crippen molar-refractivity contribution < 1.29 is 22.7 Å². The van der Waals surface area contributed by atoms with E-state index in [0.717, 1.165) is 31.2 Å². The number of benzene rings is 2. The summed E-state index contributed by atoms with van der Waals surface area (Å²) in [6.07, 6.45) is 3.82. The summed E-state index contributed by atoms with van der Waals surface area (Å²) in [5.74, 6) is 0.141. The molecule has 156 valence electrons. The fourth-order valence-electron chi connectivity index (χ4n) is 3.23. The van der Waals surface area contributed by atoms with Gasteiger partial charge in [0.2, 0.25) is 10.0 Å². The first-order valence-electron chi connectivity index (χ1n) is 9.93. The Balaban J connectivity index is 1.57. The minimum absolute atomic E-state index is 0.0792. The largest absolute Gasteiger partial charge is 0.490 e. The number of sulfonamides is 1. The van der Waals surface area contributed by atoms with Crippen molar-refractivity contribution in [2.45, 2.75) is 37.5 Å². The molecular formula is C22H27NO5S. The predicted octanol–water partition coefficient (Wildman–Crippen LogP) is 3.80. The molecule has 0 aliphatic carbocycles. The molecule has 7 heteroatoms. The molecule has 0 bridgehead atoms. The van der Waals surface area contributed by atoms with E-state index in [9.17, 15) is 13.2 Å². The Morgan fingerprint density at radius 2 is 1.66 bits per heavy atom. The summed E-state index contributed by atoms with van der Waals surface area (Å²) in [7, 11) is -3.61. The topological polar surface area (TPSA) is 72.9 Å². The lowest BCUT2D eigenvalue weighted by Gasteiger charge is -2.20. The van der Waals surface area contributed by atoms with Crippen molar-refractivity contribution in [3.05, 3.63) is 59.7 Å². The zero-order valence-electron chi connectivity index (χ0n) is 16.7. The first kappa shape index (κ1) is 21.3. The second-order valence-electron chi connectivity index (χ2n) is 7.14. The van der Waals surface area contributed by atoms with Crippen LogP contribution >= 0.6 is 0 Å². The third kappa shape index (κ3) is 5.81. The number of hydrogen-bond acceptors (Lipinski definition) is 5. The van der Waals surface area contributed by atoms with Gasteiger partial charge in [0.15, 0.2) is 0 Å². The van der Waals surface area contributed by atoms with E-state index in [-0.39, 0.29) is 23.7 Å². The molecule has 0 saturated carbocycles. The van der Waals surface area contributed by atoms with E-state index in [1.807, 2.05) is 31.2 Å². The van der Waals surface area contributed by atoms with Gasteiger partial charge in [-0.1, -0.05) is 36.6 Å². The molecule has 29 heavy (non-hydrogen) atoms. The Morgan fingerprint density at radius 1 is 0.966 bits per heavy atom. The fraction of sp³-hybridized carbons (Fsp3) is 0.409. The quantitative estimate of drug-likeness (QED) is 0.506. The summed E-state index contributed by atoms with van der Waals surface area (Å²) in [5.41, 5.74) is 1.36. The Kier molecular flexibility index (Phi) is 7.28. The van der Waals surface area contributed by atoms with E-state index in [0.29, 0.717) is 18.8 Å². The summed E-state index contributed by atoms with van der Waals surface area (Å²) in [5, 5.41) is 0. The summed E-state index contributed by atoms with van der Waals surface area (Å²) < 4.78 is 38.1. The summed E-state index contributed by atoms with van der Waals surface area (Å²) >= 11 is 0. The highest BCUT2D eigenvalue weighted by molar-refractivity contribution is 7.89. The van der Waals surface area contributed by atoms with E-state index in [1.54, 1.807) is 12.1 Å². The second kappa shape index (κ2) is 9.89. The molecule has 2 aromatic carbocycles. The zero-order chi connectivity index (χ0) is 20.7. The van der Waals surface area contributed by atoms with Crippen LogP contribution in [0.1, 0.15) is 41.6 Å². The standard InChI is InChI=1S/C22H27NO5S/c1-18-9-11-20(12-10-18)27-15-16-28-22(24)19-7-6-8-21(17-19)29(25,26)23-13-4-2-3-5-14-23/h6-12,17H,2-5,13-16H2,1H3. The van der Waals surface area contributed by atoms with Crippen molar-refractivity contribution in [3.8, 4) is 5.75 Å². The van der Waals surface area contributed by atoms with E-state index >= 15 is 0 Å². The van der Waals surface area contributed by atoms with Gasteiger partial charge in [0.25, 0.3) is 0 Å². The van der Waals surface area contributed by atoms with Crippen LogP contribution in [0.5, 0.6) is 5.75 Å². The lowest BCUT2D eigenvalue weighted by molar-refractivity contribution is 0.0450. The molecule has 1 heterocycles. The Morgan fingerprint density at radius 3 is 2.34 bits per heavy atom. The van der Waals surface area contributed by atoms with Gasteiger partial charge in [-0.15, -0.1) is 0 Å². The average molecular weight is 418 g/mol. The molecule has 1 saturated heterocycles.